The predicted molar refractivity (Wildman–Crippen MR) is 88.5 cm³/mol. The third kappa shape index (κ3) is 4.32. The zero-order valence-corrected chi connectivity index (χ0v) is 14.0. The normalized spacial score (nSPS) is 18.6. The number of oxazole rings is 1. The third-order valence-electron chi connectivity index (χ3n) is 3.92. The van der Waals surface area contributed by atoms with Gasteiger partial charge in [-0.05, 0) is 18.6 Å². The Morgan fingerprint density at radius 2 is 2.22 bits per heavy atom. The maximum Gasteiger partial charge on any atom is 0.209 e. The number of hydrogen-bond acceptors (Lipinski definition) is 5. The Morgan fingerprint density at radius 3 is 3.04 bits per heavy atom. The van der Waals surface area contributed by atoms with Gasteiger partial charge in [0.1, 0.15) is 0 Å². The van der Waals surface area contributed by atoms with Gasteiger partial charge in [-0.3, -0.25) is 4.90 Å². The van der Waals surface area contributed by atoms with Gasteiger partial charge in [-0.1, -0.05) is 23.7 Å². The Balaban J connectivity index is 1.55. The van der Waals surface area contributed by atoms with E-state index in [9.17, 15) is 0 Å². The molecular weight excluding hydrogens is 316 g/mol. The van der Waals surface area contributed by atoms with E-state index in [1.54, 1.807) is 13.3 Å². The van der Waals surface area contributed by atoms with E-state index in [0.717, 1.165) is 25.1 Å². The van der Waals surface area contributed by atoms with Crippen molar-refractivity contribution in [3.8, 4) is 11.3 Å². The molecule has 1 aromatic carbocycles. The molecule has 1 aliphatic rings. The van der Waals surface area contributed by atoms with Crippen molar-refractivity contribution in [3.63, 3.8) is 0 Å². The lowest BCUT2D eigenvalue weighted by Gasteiger charge is -2.14. The highest BCUT2D eigenvalue weighted by molar-refractivity contribution is 6.33. The molecule has 1 aliphatic heterocycles. The highest BCUT2D eigenvalue weighted by Gasteiger charge is 2.24. The van der Waals surface area contributed by atoms with Gasteiger partial charge in [-0.15, -0.1) is 0 Å². The van der Waals surface area contributed by atoms with Crippen LogP contribution in [0.15, 0.2) is 34.9 Å². The number of aromatic nitrogens is 1. The molecule has 3 rings (SSSR count). The van der Waals surface area contributed by atoms with Crippen molar-refractivity contribution in [3.05, 3.63) is 41.4 Å². The summed E-state index contributed by atoms with van der Waals surface area (Å²) < 4.78 is 16.6. The van der Waals surface area contributed by atoms with E-state index in [-0.39, 0.29) is 6.10 Å². The molecule has 0 aliphatic carbocycles. The zero-order valence-electron chi connectivity index (χ0n) is 13.2. The highest BCUT2D eigenvalue weighted by atomic mass is 35.5. The number of rotatable bonds is 7. The van der Waals surface area contributed by atoms with Crippen LogP contribution in [-0.4, -0.2) is 49.4 Å². The molecule has 2 aromatic rings. The van der Waals surface area contributed by atoms with Crippen LogP contribution in [0.25, 0.3) is 11.3 Å². The van der Waals surface area contributed by atoms with E-state index in [4.69, 9.17) is 25.5 Å². The van der Waals surface area contributed by atoms with Crippen LogP contribution < -0.4 is 0 Å². The Kier molecular flexibility index (Phi) is 5.67. The monoisotopic (exact) mass is 336 g/mol. The van der Waals surface area contributed by atoms with Crippen molar-refractivity contribution >= 4 is 11.6 Å². The van der Waals surface area contributed by atoms with Crippen LogP contribution in [0.3, 0.4) is 0 Å². The molecule has 0 radical (unpaired) electrons. The summed E-state index contributed by atoms with van der Waals surface area (Å²) in [6.07, 6.45) is 3.03. The van der Waals surface area contributed by atoms with Crippen LogP contribution in [0.4, 0.5) is 0 Å². The van der Waals surface area contributed by atoms with Gasteiger partial charge in [-0.2, -0.15) is 0 Å². The number of benzene rings is 1. The summed E-state index contributed by atoms with van der Waals surface area (Å²) in [6, 6.07) is 7.62. The van der Waals surface area contributed by atoms with E-state index in [1.807, 2.05) is 24.3 Å². The zero-order chi connectivity index (χ0) is 16.1. The fraction of sp³-hybridized carbons (Fsp3) is 0.471. The molecule has 1 saturated heterocycles. The minimum atomic E-state index is 0.267. The molecule has 0 saturated carbocycles. The number of methoxy groups -OCH3 is 1. The van der Waals surface area contributed by atoms with Crippen molar-refractivity contribution < 1.29 is 13.9 Å². The number of hydrogen-bond donors (Lipinski definition) is 0. The van der Waals surface area contributed by atoms with Crippen LogP contribution >= 0.6 is 11.6 Å². The summed E-state index contributed by atoms with van der Waals surface area (Å²) in [5.41, 5.74) is 0.870. The fourth-order valence-corrected chi connectivity index (χ4v) is 2.96. The minimum absolute atomic E-state index is 0.267. The summed E-state index contributed by atoms with van der Waals surface area (Å²) in [5, 5.41) is 0.669. The molecule has 1 fully saturated rings. The molecule has 0 spiro atoms. The number of halogens is 1. The van der Waals surface area contributed by atoms with Crippen LogP contribution in [-0.2, 0) is 16.0 Å². The lowest BCUT2D eigenvalue weighted by molar-refractivity contribution is 0.0215. The number of ether oxygens (including phenoxy) is 2. The molecular formula is C17H21ClN2O3. The lowest BCUT2D eigenvalue weighted by atomic mass is 10.2. The Labute approximate surface area is 141 Å². The molecule has 1 atom stereocenters. The summed E-state index contributed by atoms with van der Waals surface area (Å²) in [6.45, 7) is 3.85. The Bertz CT molecular complexity index is 632. The summed E-state index contributed by atoms with van der Waals surface area (Å²) >= 11 is 6.19. The Morgan fingerprint density at radius 1 is 1.35 bits per heavy atom. The second kappa shape index (κ2) is 7.93. The fourth-order valence-electron chi connectivity index (χ4n) is 2.74. The van der Waals surface area contributed by atoms with Gasteiger partial charge in [0.15, 0.2) is 5.76 Å². The van der Waals surface area contributed by atoms with Crippen molar-refractivity contribution in [2.75, 3.05) is 33.4 Å². The maximum atomic E-state index is 6.19. The SMILES string of the molecule is COCCOC1CCN(Cc2ncc(-c3ccccc3Cl)o2)C1. The van der Waals surface area contributed by atoms with Crippen LogP contribution in [0.2, 0.25) is 5.02 Å². The van der Waals surface area contributed by atoms with E-state index in [2.05, 4.69) is 9.88 Å². The molecule has 5 nitrogen and oxygen atoms in total. The smallest absolute Gasteiger partial charge is 0.209 e. The van der Waals surface area contributed by atoms with E-state index < -0.39 is 0 Å². The van der Waals surface area contributed by atoms with E-state index in [1.165, 1.54) is 0 Å². The molecule has 1 aromatic heterocycles. The second-order valence-corrected chi connectivity index (χ2v) is 6.01. The van der Waals surface area contributed by atoms with Gasteiger partial charge in [0.2, 0.25) is 5.89 Å². The molecule has 0 amide bonds. The molecule has 124 valence electrons. The third-order valence-corrected chi connectivity index (χ3v) is 4.25. The largest absolute Gasteiger partial charge is 0.439 e. The number of nitrogens with zero attached hydrogens (tertiary/aromatic N) is 2. The van der Waals surface area contributed by atoms with Gasteiger partial charge in [0, 0.05) is 25.8 Å². The Hall–Kier alpha value is -1.40. The van der Waals surface area contributed by atoms with E-state index >= 15 is 0 Å². The standard InChI is InChI=1S/C17H21ClN2O3/c1-21-8-9-22-13-6-7-20(11-13)12-17-19-10-16(23-17)14-4-2-3-5-15(14)18/h2-5,10,13H,6-9,11-12H2,1H3. The van der Waals surface area contributed by atoms with Crippen molar-refractivity contribution in [2.45, 2.75) is 19.1 Å². The van der Waals surface area contributed by atoms with Gasteiger partial charge < -0.3 is 13.9 Å². The lowest BCUT2D eigenvalue weighted by Crippen LogP contribution is -2.24. The first-order valence-electron chi connectivity index (χ1n) is 7.79. The first kappa shape index (κ1) is 16.5. The predicted octanol–water partition coefficient (Wildman–Crippen LogP) is 3.23. The van der Waals surface area contributed by atoms with E-state index in [0.29, 0.717) is 36.4 Å². The summed E-state index contributed by atoms with van der Waals surface area (Å²) in [5.74, 6) is 1.41. The molecule has 23 heavy (non-hydrogen) atoms. The second-order valence-electron chi connectivity index (χ2n) is 5.61. The topological polar surface area (TPSA) is 47.7 Å². The van der Waals surface area contributed by atoms with Gasteiger partial charge in [-0.25, -0.2) is 4.98 Å². The van der Waals surface area contributed by atoms with Crippen molar-refractivity contribution in [1.29, 1.82) is 0 Å². The van der Waals surface area contributed by atoms with Crippen LogP contribution in [0, 0.1) is 0 Å². The average Bonchev–Trinajstić information content (AvgIpc) is 3.18. The number of likely N-dealkylation sites (tertiary alicyclic amines) is 1. The molecule has 0 bridgehead atoms. The first-order valence-corrected chi connectivity index (χ1v) is 8.16. The average molecular weight is 337 g/mol. The highest BCUT2D eigenvalue weighted by Crippen LogP contribution is 2.28. The quantitative estimate of drug-likeness (QED) is 0.726. The first-order chi connectivity index (χ1) is 11.3. The van der Waals surface area contributed by atoms with Gasteiger partial charge >= 0.3 is 0 Å². The maximum absolute atomic E-state index is 6.19. The van der Waals surface area contributed by atoms with Crippen LogP contribution in [0.1, 0.15) is 12.3 Å². The van der Waals surface area contributed by atoms with Crippen molar-refractivity contribution in [2.24, 2.45) is 0 Å². The van der Waals surface area contributed by atoms with Gasteiger partial charge in [0.25, 0.3) is 0 Å². The minimum Gasteiger partial charge on any atom is -0.439 e. The summed E-state index contributed by atoms with van der Waals surface area (Å²) in [7, 11) is 1.68. The summed E-state index contributed by atoms with van der Waals surface area (Å²) in [4.78, 5) is 6.66. The molecule has 6 heteroatoms. The van der Waals surface area contributed by atoms with Crippen molar-refractivity contribution in [1.82, 2.24) is 9.88 Å². The molecule has 0 N–H and O–H groups in total. The van der Waals surface area contributed by atoms with Gasteiger partial charge in [0.05, 0.1) is 37.1 Å². The molecule has 2 heterocycles. The molecule has 1 unspecified atom stereocenters. The van der Waals surface area contributed by atoms with Crippen LogP contribution in [0.5, 0.6) is 0 Å².